The lowest BCUT2D eigenvalue weighted by atomic mass is 10.1. The van der Waals surface area contributed by atoms with Crippen molar-refractivity contribution in [3.8, 4) is 0 Å². The van der Waals surface area contributed by atoms with Crippen molar-refractivity contribution in [2.75, 3.05) is 0 Å². The Kier molecular flexibility index (Phi) is 2.14. The smallest absolute Gasteiger partial charge is 0.0607 e. The molecule has 4 aromatic rings. The Morgan fingerprint density at radius 1 is 0.778 bits per heavy atom. The maximum atomic E-state index is 3.53. The average Bonchev–Trinajstić information content (AvgIpc) is 2.79. The molecular formula is C16H10IN. The Balaban J connectivity index is 2.33. The first-order valence-electron chi connectivity index (χ1n) is 5.92. The van der Waals surface area contributed by atoms with Gasteiger partial charge in [0.25, 0.3) is 0 Å². The molecule has 0 amide bonds. The molecule has 18 heavy (non-hydrogen) atoms. The van der Waals surface area contributed by atoms with Gasteiger partial charge in [-0.1, -0.05) is 42.5 Å². The predicted molar refractivity (Wildman–Crippen MR) is 86.0 cm³/mol. The Bertz CT molecular complexity index is 889. The van der Waals surface area contributed by atoms with Crippen molar-refractivity contribution in [2.24, 2.45) is 0 Å². The van der Waals surface area contributed by atoms with Crippen LogP contribution in [-0.4, -0.2) is 4.98 Å². The number of H-pyrrole nitrogens is 1. The fourth-order valence-electron chi connectivity index (χ4n) is 2.60. The molecule has 86 valence electrons. The molecular weight excluding hydrogens is 333 g/mol. The summed E-state index contributed by atoms with van der Waals surface area (Å²) in [6.07, 6.45) is 0. The second-order valence-corrected chi connectivity index (χ2v) is 5.58. The largest absolute Gasteiger partial charge is 0.354 e. The SMILES string of the molecule is Ic1c2ccccc2cc2c1[nH]c1ccccc12. The van der Waals surface area contributed by atoms with E-state index in [-0.39, 0.29) is 0 Å². The van der Waals surface area contributed by atoms with Crippen LogP contribution in [0.2, 0.25) is 0 Å². The highest BCUT2D eigenvalue weighted by atomic mass is 127. The van der Waals surface area contributed by atoms with Gasteiger partial charge in [-0.15, -0.1) is 0 Å². The minimum absolute atomic E-state index is 1.21. The van der Waals surface area contributed by atoms with Gasteiger partial charge < -0.3 is 4.98 Å². The van der Waals surface area contributed by atoms with Gasteiger partial charge >= 0.3 is 0 Å². The highest BCUT2D eigenvalue weighted by molar-refractivity contribution is 14.1. The lowest BCUT2D eigenvalue weighted by molar-refractivity contribution is 1.54. The Labute approximate surface area is 118 Å². The molecule has 0 aliphatic rings. The highest BCUT2D eigenvalue weighted by Gasteiger charge is 2.09. The van der Waals surface area contributed by atoms with Gasteiger partial charge in [0, 0.05) is 19.9 Å². The summed E-state index contributed by atoms with van der Waals surface area (Å²) < 4.78 is 1.30. The zero-order valence-corrected chi connectivity index (χ0v) is 11.7. The summed E-state index contributed by atoms with van der Waals surface area (Å²) in [5.74, 6) is 0. The van der Waals surface area contributed by atoms with Crippen LogP contribution in [-0.2, 0) is 0 Å². The molecule has 0 unspecified atom stereocenters. The molecule has 0 fully saturated rings. The van der Waals surface area contributed by atoms with E-state index in [2.05, 4.69) is 82.2 Å². The Morgan fingerprint density at radius 3 is 2.39 bits per heavy atom. The normalized spacial score (nSPS) is 11.6. The molecule has 0 saturated carbocycles. The zero-order chi connectivity index (χ0) is 12.1. The van der Waals surface area contributed by atoms with E-state index < -0.39 is 0 Å². The van der Waals surface area contributed by atoms with E-state index in [1.807, 2.05) is 0 Å². The number of aromatic nitrogens is 1. The van der Waals surface area contributed by atoms with Crippen LogP contribution in [0, 0.1) is 3.57 Å². The third-order valence-electron chi connectivity index (χ3n) is 3.46. The van der Waals surface area contributed by atoms with Crippen LogP contribution in [0.4, 0.5) is 0 Å². The second kappa shape index (κ2) is 3.72. The molecule has 2 heteroatoms. The van der Waals surface area contributed by atoms with Crippen LogP contribution < -0.4 is 0 Å². The fraction of sp³-hybridized carbons (Fsp3) is 0. The van der Waals surface area contributed by atoms with E-state index in [4.69, 9.17) is 0 Å². The van der Waals surface area contributed by atoms with E-state index in [9.17, 15) is 0 Å². The van der Waals surface area contributed by atoms with Crippen molar-refractivity contribution in [2.45, 2.75) is 0 Å². The number of nitrogens with one attached hydrogen (secondary N) is 1. The highest BCUT2D eigenvalue weighted by Crippen LogP contribution is 2.33. The first-order chi connectivity index (χ1) is 8.84. The molecule has 3 aromatic carbocycles. The number of para-hydroxylation sites is 1. The van der Waals surface area contributed by atoms with Crippen molar-refractivity contribution in [3.05, 3.63) is 58.2 Å². The number of halogens is 1. The Hall–Kier alpha value is -1.55. The summed E-state index contributed by atoms with van der Waals surface area (Å²) >= 11 is 2.44. The lowest BCUT2D eigenvalue weighted by Crippen LogP contribution is -1.80. The van der Waals surface area contributed by atoms with E-state index >= 15 is 0 Å². The van der Waals surface area contributed by atoms with Crippen LogP contribution in [0.25, 0.3) is 32.6 Å². The quantitative estimate of drug-likeness (QED) is 0.429. The molecule has 0 atom stereocenters. The number of hydrogen-bond acceptors (Lipinski definition) is 0. The minimum Gasteiger partial charge on any atom is -0.354 e. The van der Waals surface area contributed by atoms with Crippen LogP contribution in [0.1, 0.15) is 0 Å². The average molecular weight is 343 g/mol. The summed E-state index contributed by atoms with van der Waals surface area (Å²) in [5.41, 5.74) is 2.45. The summed E-state index contributed by atoms with van der Waals surface area (Å²) in [6, 6.07) is 19.3. The van der Waals surface area contributed by atoms with Gasteiger partial charge in [0.2, 0.25) is 0 Å². The van der Waals surface area contributed by atoms with Gasteiger partial charge in [0.15, 0.2) is 0 Å². The van der Waals surface area contributed by atoms with Crippen molar-refractivity contribution in [3.63, 3.8) is 0 Å². The topological polar surface area (TPSA) is 15.8 Å². The maximum Gasteiger partial charge on any atom is 0.0607 e. The van der Waals surface area contributed by atoms with Crippen molar-refractivity contribution >= 4 is 55.2 Å². The molecule has 0 saturated heterocycles. The summed E-state index contributed by atoms with van der Waals surface area (Å²) in [4.78, 5) is 3.53. The minimum atomic E-state index is 1.21. The molecule has 4 rings (SSSR count). The van der Waals surface area contributed by atoms with Gasteiger partial charge in [0.1, 0.15) is 0 Å². The zero-order valence-electron chi connectivity index (χ0n) is 9.57. The first kappa shape index (κ1) is 10.4. The number of rotatable bonds is 0. The summed E-state index contributed by atoms with van der Waals surface area (Å²) in [6.45, 7) is 0. The van der Waals surface area contributed by atoms with Gasteiger partial charge in [-0.05, 0) is 45.5 Å². The van der Waals surface area contributed by atoms with E-state index in [0.717, 1.165) is 0 Å². The fourth-order valence-corrected chi connectivity index (χ4v) is 3.52. The predicted octanol–water partition coefficient (Wildman–Crippen LogP) is 5.08. The maximum absolute atomic E-state index is 3.53. The molecule has 0 bridgehead atoms. The number of fused-ring (bicyclic) bond motifs is 4. The van der Waals surface area contributed by atoms with Crippen LogP contribution >= 0.6 is 22.6 Å². The van der Waals surface area contributed by atoms with E-state index in [1.165, 1.54) is 36.1 Å². The van der Waals surface area contributed by atoms with Gasteiger partial charge in [-0.3, -0.25) is 0 Å². The van der Waals surface area contributed by atoms with Gasteiger partial charge in [0.05, 0.1) is 5.52 Å². The molecule has 1 N–H and O–H groups in total. The van der Waals surface area contributed by atoms with Gasteiger partial charge in [-0.2, -0.15) is 0 Å². The standard InChI is InChI=1S/C16H10IN/c17-15-11-6-2-1-5-10(11)9-13-12-7-3-4-8-14(12)18-16(13)15/h1-9,18H. The van der Waals surface area contributed by atoms with Crippen LogP contribution in [0.5, 0.6) is 0 Å². The van der Waals surface area contributed by atoms with Gasteiger partial charge in [-0.25, -0.2) is 0 Å². The molecule has 1 nitrogen and oxygen atoms in total. The van der Waals surface area contributed by atoms with E-state index in [0.29, 0.717) is 0 Å². The third kappa shape index (κ3) is 1.32. The number of benzene rings is 3. The molecule has 0 radical (unpaired) electrons. The lowest BCUT2D eigenvalue weighted by Gasteiger charge is -2.02. The first-order valence-corrected chi connectivity index (χ1v) is 7.00. The molecule has 0 aliphatic heterocycles. The monoisotopic (exact) mass is 343 g/mol. The molecule has 1 heterocycles. The number of hydrogen-bond donors (Lipinski definition) is 1. The summed E-state index contributed by atoms with van der Waals surface area (Å²) in [7, 11) is 0. The molecule has 0 spiro atoms. The van der Waals surface area contributed by atoms with Crippen LogP contribution in [0.3, 0.4) is 0 Å². The van der Waals surface area contributed by atoms with Crippen molar-refractivity contribution in [1.82, 2.24) is 4.98 Å². The summed E-state index contributed by atoms with van der Waals surface area (Å²) in [5, 5.41) is 5.24. The number of aromatic amines is 1. The third-order valence-corrected chi connectivity index (χ3v) is 4.58. The van der Waals surface area contributed by atoms with Crippen LogP contribution in [0.15, 0.2) is 54.6 Å². The molecule has 0 aliphatic carbocycles. The van der Waals surface area contributed by atoms with Crippen molar-refractivity contribution < 1.29 is 0 Å². The second-order valence-electron chi connectivity index (χ2n) is 4.50. The Morgan fingerprint density at radius 2 is 1.50 bits per heavy atom. The van der Waals surface area contributed by atoms with Crippen molar-refractivity contribution in [1.29, 1.82) is 0 Å². The molecule has 1 aromatic heterocycles. The van der Waals surface area contributed by atoms with E-state index in [1.54, 1.807) is 0 Å².